The van der Waals surface area contributed by atoms with Crippen LogP contribution < -0.4 is 4.74 Å². The molecule has 17 heavy (non-hydrogen) atoms. The largest absolute Gasteiger partial charge is 0.494 e. The Morgan fingerprint density at radius 2 is 2.18 bits per heavy atom. The van der Waals surface area contributed by atoms with E-state index in [-0.39, 0.29) is 11.6 Å². The number of ether oxygens (including phenoxy) is 1. The van der Waals surface area contributed by atoms with Gasteiger partial charge in [-0.25, -0.2) is 4.39 Å². The van der Waals surface area contributed by atoms with Gasteiger partial charge in [-0.3, -0.25) is 0 Å². The topological polar surface area (TPSA) is 29.5 Å². The number of methoxy groups -OCH3 is 1. The molecule has 0 aliphatic heterocycles. The average molecular weight is 236 g/mol. The molecule has 2 rings (SSSR count). The molecule has 1 N–H and O–H groups in total. The Hall–Kier alpha value is -1.35. The highest BCUT2D eigenvalue weighted by atomic mass is 19.1. The molecule has 0 radical (unpaired) electrons. The van der Waals surface area contributed by atoms with E-state index in [1.807, 2.05) is 0 Å². The van der Waals surface area contributed by atoms with E-state index in [1.165, 1.54) is 7.11 Å². The molecule has 1 aliphatic rings. The average Bonchev–Trinajstić information content (AvgIpc) is 2.54. The minimum Gasteiger partial charge on any atom is -0.494 e. The molecule has 0 fully saturated rings. The molecule has 92 valence electrons. The van der Waals surface area contributed by atoms with Crippen molar-refractivity contribution in [3.05, 3.63) is 35.7 Å². The van der Waals surface area contributed by atoms with Crippen molar-refractivity contribution < 1.29 is 14.2 Å². The Morgan fingerprint density at radius 3 is 2.94 bits per heavy atom. The summed E-state index contributed by atoms with van der Waals surface area (Å²) >= 11 is 0. The van der Waals surface area contributed by atoms with Crippen LogP contribution in [-0.4, -0.2) is 18.3 Å². The number of allylic oxidation sites excluding steroid dienone is 1. The molecule has 1 aromatic carbocycles. The fraction of sp³-hybridized carbons (Fsp3) is 0.429. The fourth-order valence-corrected chi connectivity index (χ4v) is 2.21. The molecule has 0 heterocycles. The van der Waals surface area contributed by atoms with Gasteiger partial charge in [0.05, 0.1) is 13.2 Å². The Labute approximate surface area is 101 Å². The predicted octanol–water partition coefficient (Wildman–Crippen LogP) is 3.15. The van der Waals surface area contributed by atoms with E-state index < -0.39 is 6.10 Å². The lowest BCUT2D eigenvalue weighted by Crippen LogP contribution is -2.01. The van der Waals surface area contributed by atoms with Crippen molar-refractivity contribution in [2.75, 3.05) is 7.11 Å². The molecular weight excluding hydrogens is 219 g/mol. The summed E-state index contributed by atoms with van der Waals surface area (Å²) in [7, 11) is 1.46. The standard InChI is InChI=1S/C14H17FO2/c1-17-13-8-4-7-12(14(13)15)10-5-2-3-6-11(16)9-10/h4,7-9,11,16H,2-3,5-6H2,1H3. The van der Waals surface area contributed by atoms with Gasteiger partial charge in [0.2, 0.25) is 0 Å². The Balaban J connectivity index is 2.38. The molecule has 2 nitrogen and oxygen atoms in total. The molecule has 1 aromatic rings. The first-order valence-corrected chi connectivity index (χ1v) is 5.94. The smallest absolute Gasteiger partial charge is 0.172 e. The number of halogens is 1. The maximum absolute atomic E-state index is 14.1. The van der Waals surface area contributed by atoms with Crippen LogP contribution in [0.3, 0.4) is 0 Å². The number of benzene rings is 1. The SMILES string of the molecule is COc1cccc(C2=CC(O)CCCC2)c1F. The lowest BCUT2D eigenvalue weighted by molar-refractivity contribution is 0.211. The summed E-state index contributed by atoms with van der Waals surface area (Å²) in [6.45, 7) is 0. The van der Waals surface area contributed by atoms with Crippen LogP contribution in [0.5, 0.6) is 5.75 Å². The zero-order valence-electron chi connectivity index (χ0n) is 9.95. The third kappa shape index (κ3) is 2.67. The van der Waals surface area contributed by atoms with Crippen molar-refractivity contribution in [1.82, 2.24) is 0 Å². The summed E-state index contributed by atoms with van der Waals surface area (Å²) < 4.78 is 19.0. The summed E-state index contributed by atoms with van der Waals surface area (Å²) in [5, 5.41) is 9.71. The van der Waals surface area contributed by atoms with Gasteiger partial charge in [-0.2, -0.15) is 0 Å². The zero-order valence-corrected chi connectivity index (χ0v) is 9.95. The Kier molecular flexibility index (Phi) is 3.79. The molecule has 0 saturated heterocycles. The van der Waals surface area contributed by atoms with Gasteiger partial charge in [-0.15, -0.1) is 0 Å². The highest BCUT2D eigenvalue weighted by Crippen LogP contribution is 2.31. The van der Waals surface area contributed by atoms with E-state index in [1.54, 1.807) is 24.3 Å². The van der Waals surface area contributed by atoms with Crippen molar-refractivity contribution in [2.45, 2.75) is 31.8 Å². The number of rotatable bonds is 2. The van der Waals surface area contributed by atoms with E-state index in [9.17, 15) is 9.50 Å². The molecule has 0 amide bonds. The summed E-state index contributed by atoms with van der Waals surface area (Å²) in [6.07, 6.45) is 4.84. The van der Waals surface area contributed by atoms with Gasteiger partial charge < -0.3 is 9.84 Å². The summed E-state index contributed by atoms with van der Waals surface area (Å²) in [4.78, 5) is 0. The molecule has 1 atom stereocenters. The maximum Gasteiger partial charge on any atom is 0.172 e. The third-order valence-electron chi connectivity index (χ3n) is 3.12. The Bertz CT molecular complexity index is 426. The van der Waals surface area contributed by atoms with Crippen molar-refractivity contribution in [3.8, 4) is 5.75 Å². The first kappa shape index (κ1) is 12.1. The van der Waals surface area contributed by atoms with Gasteiger partial charge in [0.25, 0.3) is 0 Å². The normalized spacial score (nSPS) is 20.6. The van der Waals surface area contributed by atoms with Crippen molar-refractivity contribution in [1.29, 1.82) is 0 Å². The molecule has 0 bridgehead atoms. The molecule has 3 heteroatoms. The van der Waals surface area contributed by atoms with E-state index in [0.717, 1.165) is 31.3 Å². The predicted molar refractivity (Wildman–Crippen MR) is 65.4 cm³/mol. The fourth-order valence-electron chi connectivity index (χ4n) is 2.21. The first-order valence-electron chi connectivity index (χ1n) is 5.94. The van der Waals surface area contributed by atoms with Crippen molar-refractivity contribution in [3.63, 3.8) is 0 Å². The van der Waals surface area contributed by atoms with Gasteiger partial charge in [-0.1, -0.05) is 24.6 Å². The van der Waals surface area contributed by atoms with Crippen LogP contribution in [0.1, 0.15) is 31.2 Å². The summed E-state index contributed by atoms with van der Waals surface area (Å²) in [6, 6.07) is 5.11. The quantitative estimate of drug-likeness (QED) is 0.854. The maximum atomic E-state index is 14.1. The van der Waals surface area contributed by atoms with Gasteiger partial charge >= 0.3 is 0 Å². The van der Waals surface area contributed by atoms with Crippen LogP contribution in [0.2, 0.25) is 0 Å². The first-order chi connectivity index (χ1) is 8.22. The number of aliphatic hydroxyl groups excluding tert-OH is 1. The number of hydrogen-bond donors (Lipinski definition) is 1. The van der Waals surface area contributed by atoms with Crippen molar-refractivity contribution in [2.24, 2.45) is 0 Å². The van der Waals surface area contributed by atoms with E-state index >= 15 is 0 Å². The second-order valence-corrected chi connectivity index (χ2v) is 4.33. The second kappa shape index (κ2) is 5.32. The van der Waals surface area contributed by atoms with Gasteiger partial charge in [0.15, 0.2) is 11.6 Å². The van der Waals surface area contributed by atoms with Crippen LogP contribution in [-0.2, 0) is 0 Å². The molecule has 0 aromatic heterocycles. The van der Waals surface area contributed by atoms with Gasteiger partial charge in [0.1, 0.15) is 0 Å². The molecule has 1 unspecified atom stereocenters. The van der Waals surface area contributed by atoms with Crippen LogP contribution in [0.25, 0.3) is 5.57 Å². The highest BCUT2D eigenvalue weighted by molar-refractivity contribution is 5.68. The number of aliphatic hydroxyl groups is 1. The van der Waals surface area contributed by atoms with Crippen LogP contribution in [0.4, 0.5) is 4.39 Å². The Morgan fingerprint density at radius 1 is 1.35 bits per heavy atom. The van der Waals surface area contributed by atoms with E-state index in [4.69, 9.17) is 4.74 Å². The third-order valence-corrected chi connectivity index (χ3v) is 3.12. The summed E-state index contributed by atoms with van der Waals surface area (Å²) in [5.74, 6) is -0.0857. The second-order valence-electron chi connectivity index (χ2n) is 4.33. The minimum absolute atomic E-state index is 0.252. The van der Waals surface area contributed by atoms with E-state index in [0.29, 0.717) is 5.56 Å². The highest BCUT2D eigenvalue weighted by Gasteiger charge is 2.16. The summed E-state index contributed by atoms with van der Waals surface area (Å²) in [5.41, 5.74) is 1.43. The molecule has 0 saturated carbocycles. The van der Waals surface area contributed by atoms with Crippen LogP contribution in [0.15, 0.2) is 24.3 Å². The molecule has 1 aliphatic carbocycles. The lowest BCUT2D eigenvalue weighted by Gasteiger charge is -2.10. The minimum atomic E-state index is -0.460. The zero-order chi connectivity index (χ0) is 12.3. The van der Waals surface area contributed by atoms with E-state index in [2.05, 4.69) is 0 Å². The molecule has 0 spiro atoms. The number of hydrogen-bond acceptors (Lipinski definition) is 2. The molecular formula is C14H17FO2. The lowest BCUT2D eigenvalue weighted by atomic mass is 10.0. The van der Waals surface area contributed by atoms with Crippen LogP contribution >= 0.6 is 0 Å². The van der Waals surface area contributed by atoms with Crippen molar-refractivity contribution >= 4 is 5.57 Å². The van der Waals surface area contributed by atoms with Crippen LogP contribution in [0, 0.1) is 5.82 Å². The monoisotopic (exact) mass is 236 g/mol. The van der Waals surface area contributed by atoms with Gasteiger partial charge in [0, 0.05) is 5.56 Å². The van der Waals surface area contributed by atoms with Gasteiger partial charge in [-0.05, 0) is 30.9 Å².